The van der Waals surface area contributed by atoms with Gasteiger partial charge in [0.15, 0.2) is 10.8 Å². The third kappa shape index (κ3) is 2.09. The summed E-state index contributed by atoms with van der Waals surface area (Å²) in [5.74, 6) is 0.589. The van der Waals surface area contributed by atoms with Gasteiger partial charge in [0, 0.05) is 0 Å². The lowest BCUT2D eigenvalue weighted by Crippen LogP contribution is -2.14. The van der Waals surface area contributed by atoms with Crippen LogP contribution in [0.1, 0.15) is 11.5 Å². The molecule has 2 aromatic rings. The minimum absolute atomic E-state index is 0.0324. The Morgan fingerprint density at radius 1 is 1.41 bits per heavy atom. The normalized spacial score (nSPS) is 11.6. The molecular weight excluding hydrogens is 244 g/mol. The van der Waals surface area contributed by atoms with E-state index in [9.17, 15) is 8.42 Å². The maximum Gasteiger partial charge on any atom is 0.280 e. The second-order valence-electron chi connectivity index (χ2n) is 3.55. The minimum atomic E-state index is -3.73. The number of nitrogens with one attached hydrogen (secondary N) is 3. The smallest absolute Gasteiger partial charge is 0.280 e. The van der Waals surface area contributed by atoms with Gasteiger partial charge in [0.05, 0.1) is 17.6 Å². The maximum atomic E-state index is 11.9. The molecule has 92 valence electrons. The average molecular weight is 256 g/mol. The van der Waals surface area contributed by atoms with Gasteiger partial charge in [-0.25, -0.2) is 4.98 Å². The van der Waals surface area contributed by atoms with E-state index in [0.29, 0.717) is 11.5 Å². The van der Waals surface area contributed by atoms with Gasteiger partial charge in [-0.3, -0.25) is 9.82 Å². The number of imidazole rings is 1. The molecule has 5 N–H and O–H groups in total. The van der Waals surface area contributed by atoms with Crippen LogP contribution in [0.3, 0.4) is 0 Å². The molecule has 2 heterocycles. The number of aryl methyl sites for hydroxylation is 2. The van der Waals surface area contributed by atoms with E-state index in [1.807, 2.05) is 0 Å². The topological polar surface area (TPSA) is 130 Å². The molecule has 0 fully saturated rings. The van der Waals surface area contributed by atoms with Gasteiger partial charge < -0.3 is 10.7 Å². The highest BCUT2D eigenvalue weighted by Crippen LogP contribution is 2.21. The number of sulfonamides is 1. The van der Waals surface area contributed by atoms with Crippen molar-refractivity contribution < 1.29 is 8.42 Å². The van der Waals surface area contributed by atoms with E-state index in [0.717, 1.165) is 0 Å². The van der Waals surface area contributed by atoms with Gasteiger partial charge in [-0.05, 0) is 13.8 Å². The van der Waals surface area contributed by atoms with Gasteiger partial charge in [0.1, 0.15) is 5.82 Å². The lowest BCUT2D eigenvalue weighted by atomic mass is 10.4. The van der Waals surface area contributed by atoms with Gasteiger partial charge in [-0.2, -0.15) is 13.5 Å². The molecule has 0 atom stereocenters. The van der Waals surface area contributed by atoms with Crippen LogP contribution in [0.15, 0.2) is 11.2 Å². The average Bonchev–Trinajstić information content (AvgIpc) is 2.80. The number of H-pyrrole nitrogens is 2. The van der Waals surface area contributed by atoms with Crippen molar-refractivity contribution in [1.29, 1.82) is 0 Å². The molecule has 0 unspecified atom stereocenters. The second kappa shape index (κ2) is 3.77. The largest absolute Gasteiger partial charge is 0.394 e. The lowest BCUT2D eigenvalue weighted by molar-refractivity contribution is 0.598. The van der Waals surface area contributed by atoms with Crippen LogP contribution in [0.4, 0.5) is 11.5 Å². The van der Waals surface area contributed by atoms with Crippen molar-refractivity contribution in [3.63, 3.8) is 0 Å². The molecule has 0 aliphatic carbocycles. The van der Waals surface area contributed by atoms with Gasteiger partial charge >= 0.3 is 0 Å². The number of nitrogens with two attached hydrogens (primary N) is 1. The zero-order valence-electron chi connectivity index (χ0n) is 9.27. The first-order valence-electron chi connectivity index (χ1n) is 4.75. The van der Waals surface area contributed by atoms with Crippen LogP contribution in [-0.2, 0) is 10.0 Å². The van der Waals surface area contributed by atoms with Crippen LogP contribution in [-0.4, -0.2) is 28.6 Å². The van der Waals surface area contributed by atoms with Gasteiger partial charge in [0.2, 0.25) is 0 Å². The highest BCUT2D eigenvalue weighted by atomic mass is 32.2. The summed E-state index contributed by atoms with van der Waals surface area (Å²) < 4.78 is 26.0. The molecule has 0 bridgehead atoms. The molecule has 9 heteroatoms. The molecule has 0 saturated carbocycles. The van der Waals surface area contributed by atoms with E-state index in [1.165, 1.54) is 6.20 Å². The molecular formula is C8H12N6O2S. The molecule has 0 saturated heterocycles. The Balaban J connectivity index is 2.33. The van der Waals surface area contributed by atoms with Crippen LogP contribution < -0.4 is 10.5 Å². The van der Waals surface area contributed by atoms with E-state index >= 15 is 0 Å². The summed E-state index contributed by atoms with van der Waals surface area (Å²) in [6.45, 7) is 3.35. The fraction of sp³-hybridized carbons (Fsp3) is 0.250. The number of nitrogens with zero attached hydrogens (tertiary/aromatic N) is 2. The van der Waals surface area contributed by atoms with Crippen molar-refractivity contribution in [1.82, 2.24) is 20.2 Å². The first kappa shape index (κ1) is 11.5. The zero-order chi connectivity index (χ0) is 12.6. The molecule has 0 amide bonds. The van der Waals surface area contributed by atoms with Crippen molar-refractivity contribution in [2.24, 2.45) is 0 Å². The van der Waals surface area contributed by atoms with E-state index in [-0.39, 0.29) is 16.5 Å². The second-order valence-corrected chi connectivity index (χ2v) is 5.20. The Morgan fingerprint density at radius 3 is 2.59 bits per heavy atom. The summed E-state index contributed by atoms with van der Waals surface area (Å²) in [5, 5.41) is 6.31. The zero-order valence-corrected chi connectivity index (χ0v) is 10.1. The molecule has 0 aromatic carbocycles. The predicted molar refractivity (Wildman–Crippen MR) is 61.9 cm³/mol. The fourth-order valence-corrected chi connectivity index (χ4v) is 2.23. The third-order valence-corrected chi connectivity index (χ3v) is 3.44. The van der Waals surface area contributed by atoms with Crippen molar-refractivity contribution in [2.75, 3.05) is 10.5 Å². The van der Waals surface area contributed by atoms with Crippen LogP contribution in [0.5, 0.6) is 0 Å². The number of aromatic amines is 2. The number of hydrogen-bond acceptors (Lipinski definition) is 5. The number of aromatic nitrogens is 4. The minimum Gasteiger partial charge on any atom is -0.394 e. The number of nitrogen functional groups attached to an aromatic ring is 1. The number of rotatable bonds is 3. The van der Waals surface area contributed by atoms with E-state index in [1.54, 1.807) is 13.8 Å². The SMILES string of the molecule is Cc1ncc(S(=O)(=O)Nc2n[nH]c(C)c2N)[nH]1. The molecule has 2 rings (SSSR count). The summed E-state index contributed by atoms with van der Waals surface area (Å²) in [6, 6.07) is 0. The first-order chi connectivity index (χ1) is 7.90. The van der Waals surface area contributed by atoms with Crippen LogP contribution in [0.25, 0.3) is 0 Å². The highest BCUT2D eigenvalue weighted by molar-refractivity contribution is 7.92. The van der Waals surface area contributed by atoms with Gasteiger partial charge in [0.25, 0.3) is 10.0 Å². The van der Waals surface area contributed by atoms with Crippen molar-refractivity contribution in [3.8, 4) is 0 Å². The Hall–Kier alpha value is -2.03. The summed E-state index contributed by atoms with van der Waals surface area (Å²) in [5.41, 5.74) is 6.52. The maximum absolute atomic E-state index is 11.9. The Labute approximate surface area is 97.7 Å². The molecule has 8 nitrogen and oxygen atoms in total. The lowest BCUT2D eigenvalue weighted by Gasteiger charge is -2.03. The van der Waals surface area contributed by atoms with Crippen LogP contribution >= 0.6 is 0 Å². The summed E-state index contributed by atoms with van der Waals surface area (Å²) in [7, 11) is -3.73. The van der Waals surface area contributed by atoms with Crippen molar-refractivity contribution in [2.45, 2.75) is 18.9 Å². The standard InChI is InChI=1S/C8H12N6O2S/c1-4-7(9)8(13-12-4)14-17(15,16)6-3-10-5(2)11-6/h3H,9H2,1-2H3,(H,10,11)(H2,12,13,14). The van der Waals surface area contributed by atoms with Crippen LogP contribution in [0.2, 0.25) is 0 Å². The molecule has 0 aliphatic rings. The quantitative estimate of drug-likeness (QED) is 0.620. The summed E-state index contributed by atoms with van der Waals surface area (Å²) in [4.78, 5) is 6.44. The van der Waals surface area contributed by atoms with Crippen molar-refractivity contribution >= 4 is 21.5 Å². The van der Waals surface area contributed by atoms with E-state index < -0.39 is 10.0 Å². The Kier molecular flexibility index (Phi) is 2.54. The Bertz CT molecular complexity index is 641. The number of anilines is 2. The van der Waals surface area contributed by atoms with Gasteiger partial charge in [-0.15, -0.1) is 0 Å². The first-order valence-corrected chi connectivity index (χ1v) is 6.23. The molecule has 0 radical (unpaired) electrons. The molecule has 17 heavy (non-hydrogen) atoms. The molecule has 2 aromatic heterocycles. The third-order valence-electron chi connectivity index (χ3n) is 2.19. The van der Waals surface area contributed by atoms with Crippen molar-refractivity contribution in [3.05, 3.63) is 17.7 Å². The fourth-order valence-electron chi connectivity index (χ4n) is 1.23. The van der Waals surface area contributed by atoms with Gasteiger partial charge in [-0.1, -0.05) is 0 Å². The summed E-state index contributed by atoms with van der Waals surface area (Å²) in [6.07, 6.45) is 1.23. The summed E-state index contributed by atoms with van der Waals surface area (Å²) >= 11 is 0. The molecule has 0 spiro atoms. The highest BCUT2D eigenvalue weighted by Gasteiger charge is 2.19. The van der Waals surface area contributed by atoms with E-state index in [2.05, 4.69) is 24.9 Å². The van der Waals surface area contributed by atoms with E-state index in [4.69, 9.17) is 5.73 Å². The molecule has 0 aliphatic heterocycles. The predicted octanol–water partition coefficient (Wildman–Crippen LogP) is 0.133. The number of hydrogen-bond donors (Lipinski definition) is 4. The van der Waals surface area contributed by atoms with Crippen LogP contribution in [0, 0.1) is 13.8 Å². The monoisotopic (exact) mass is 256 g/mol. The Morgan fingerprint density at radius 2 is 2.12 bits per heavy atom.